The van der Waals surface area contributed by atoms with Crippen molar-refractivity contribution < 1.29 is 63.9 Å². The zero-order chi connectivity index (χ0) is 61.7. The van der Waals surface area contributed by atoms with Gasteiger partial charge in [-0.15, -0.1) is 0 Å². The number of aliphatic hydroxyl groups excluding tert-OH is 3. The van der Waals surface area contributed by atoms with Crippen LogP contribution >= 0.6 is 0 Å². The third-order valence-electron chi connectivity index (χ3n) is 26.6. The van der Waals surface area contributed by atoms with Crippen molar-refractivity contribution >= 4 is 45.0 Å². The SMILES string of the molecule is COc1c2c3c4c(O)c(c5c6c4c1CCC6=CC1CCCC51)C(=O)CN1Cc4c(cccc4C1=O)CC#COC1C(O)C(COC(c4c[nH]c5cc6c7c(c45)CC4(CC(CCCO)CC45CCCC5)CC4CC5CCCC5(O)CC74CC6)C=C2)OC(O3)C1(O)CO. The molecule has 13 aliphatic rings. The Hall–Kier alpha value is -6.22. The number of aromatic nitrogens is 1. The fourth-order valence-corrected chi connectivity index (χ4v) is 22.9. The Morgan fingerprint density at radius 1 is 0.879 bits per heavy atom. The summed E-state index contributed by atoms with van der Waals surface area (Å²) in [5.41, 5.74) is 8.93. The normalized spacial score (nSPS) is 36.0. The molecule has 14 unspecified atom stereocenters. The van der Waals surface area contributed by atoms with Crippen LogP contribution < -0.4 is 9.47 Å². The molecular weight excluding hydrogens is 1150 g/mol. The maximum Gasteiger partial charge on any atom is 0.254 e. The van der Waals surface area contributed by atoms with E-state index in [0.717, 1.165) is 146 Å². The van der Waals surface area contributed by atoms with E-state index in [9.17, 15) is 35.4 Å². The highest BCUT2D eigenvalue weighted by Crippen LogP contribution is 2.73. The number of hydrogen-bond acceptors (Lipinski definition) is 13. The minimum atomic E-state index is -2.49. The van der Waals surface area contributed by atoms with Crippen LogP contribution in [-0.4, -0.2) is 121 Å². The van der Waals surface area contributed by atoms with Gasteiger partial charge in [0.25, 0.3) is 5.91 Å². The number of aliphatic hydroxyl groups is 5. The van der Waals surface area contributed by atoms with Crippen LogP contribution in [0.2, 0.25) is 0 Å². The number of Topliss-reactive ketones (excluding diaryl/α,β-unsaturated/α-hetero) is 1. The molecule has 4 aliphatic heterocycles. The maximum absolute atomic E-state index is 15.8. The lowest BCUT2D eigenvalue weighted by Gasteiger charge is -2.53. The number of allylic oxidation sites excluding steroid dienone is 2. The van der Waals surface area contributed by atoms with E-state index in [4.69, 9.17) is 23.7 Å². The zero-order valence-electron chi connectivity index (χ0n) is 52.2. The van der Waals surface area contributed by atoms with Crippen molar-refractivity contribution in [3.8, 4) is 29.3 Å². The number of methoxy groups -OCH3 is 1. The van der Waals surface area contributed by atoms with Gasteiger partial charge in [0, 0.05) is 64.2 Å². The summed E-state index contributed by atoms with van der Waals surface area (Å²) < 4.78 is 34.4. The molecule has 6 fully saturated rings. The second-order valence-corrected chi connectivity index (χ2v) is 30.6. The van der Waals surface area contributed by atoms with Crippen LogP contribution in [0.4, 0.5) is 0 Å². The van der Waals surface area contributed by atoms with Crippen molar-refractivity contribution in [1.82, 2.24) is 9.88 Å². The molecule has 5 aromatic rings. The number of aromatic amines is 1. The topological polar surface area (TPSA) is 221 Å². The van der Waals surface area contributed by atoms with Crippen LogP contribution in [0.5, 0.6) is 17.2 Å². The highest BCUT2D eigenvalue weighted by atomic mass is 16.7. The van der Waals surface area contributed by atoms with E-state index in [0.29, 0.717) is 52.9 Å². The molecule has 91 heavy (non-hydrogen) atoms. The number of nitrogens with zero attached hydrogens (tertiary/aromatic N) is 1. The minimum absolute atomic E-state index is 0.00773. The number of ether oxygens (including phenoxy) is 5. The van der Waals surface area contributed by atoms with E-state index in [1.54, 1.807) is 24.1 Å². The van der Waals surface area contributed by atoms with Gasteiger partial charge in [0.15, 0.2) is 17.5 Å². The molecule has 3 spiro atoms. The average Bonchev–Trinajstić information content (AvgIpc) is 1.65. The predicted molar refractivity (Wildman–Crippen MR) is 339 cm³/mol. The summed E-state index contributed by atoms with van der Waals surface area (Å²) in [5.74, 6) is 3.89. The lowest BCUT2D eigenvalue weighted by atomic mass is 9.52. The Balaban J connectivity index is 0.874. The summed E-state index contributed by atoms with van der Waals surface area (Å²) in [4.78, 5) is 35.6. The summed E-state index contributed by atoms with van der Waals surface area (Å²) in [6, 6.07) is 7.83. The Morgan fingerprint density at radius 2 is 1.75 bits per heavy atom. The van der Waals surface area contributed by atoms with E-state index in [2.05, 4.69) is 35.4 Å². The number of aryl methyl sites for hydroxylation is 2. The van der Waals surface area contributed by atoms with Crippen molar-refractivity contribution in [2.24, 2.45) is 34.5 Å². The third-order valence-corrected chi connectivity index (χ3v) is 26.6. The molecule has 8 bridgehead atoms. The highest BCUT2D eigenvalue weighted by molar-refractivity contribution is 6.17. The Bertz CT molecular complexity index is 4090. The summed E-state index contributed by atoms with van der Waals surface area (Å²) in [6.07, 6.45) is 25.9. The van der Waals surface area contributed by atoms with Crippen LogP contribution in [0.25, 0.3) is 33.3 Å². The molecule has 0 radical (unpaired) electrons. The first kappa shape index (κ1) is 57.4. The van der Waals surface area contributed by atoms with Crippen molar-refractivity contribution in [3.05, 3.63) is 109 Å². The van der Waals surface area contributed by atoms with Crippen LogP contribution in [0, 0.1) is 46.5 Å². The second-order valence-electron chi connectivity index (χ2n) is 30.6. The smallest absolute Gasteiger partial charge is 0.254 e. The number of nitrogens with one attached hydrogen (secondary N) is 1. The summed E-state index contributed by atoms with van der Waals surface area (Å²) in [7, 11) is 1.63. The van der Waals surface area contributed by atoms with Gasteiger partial charge in [0.1, 0.15) is 41.7 Å². The molecule has 14 atom stereocenters. The molecule has 15 nitrogen and oxygen atoms in total. The number of hydrogen-bond donors (Lipinski definition) is 7. The molecule has 4 aromatic carbocycles. The molecule has 15 heteroatoms. The molecule has 1 saturated heterocycles. The molecule has 5 heterocycles. The predicted octanol–water partition coefficient (Wildman–Crippen LogP) is 10.8. The Kier molecular flexibility index (Phi) is 13.0. The Labute approximate surface area is 530 Å². The number of fused-ring (bicyclic) bond motifs is 11. The first-order chi connectivity index (χ1) is 44.2. The molecule has 1 amide bonds. The highest BCUT2D eigenvalue weighted by Gasteiger charge is 2.67. The van der Waals surface area contributed by atoms with Gasteiger partial charge in [-0.1, -0.05) is 55.9 Å². The Morgan fingerprint density at radius 3 is 2.59 bits per heavy atom. The van der Waals surface area contributed by atoms with E-state index in [1.165, 1.54) is 48.8 Å². The van der Waals surface area contributed by atoms with E-state index < -0.39 is 54.3 Å². The molecular formula is C76H84N2O13. The van der Waals surface area contributed by atoms with E-state index >= 15 is 4.79 Å². The number of ketones is 1. The van der Waals surface area contributed by atoms with Gasteiger partial charge in [0.05, 0.1) is 49.0 Å². The molecule has 476 valence electrons. The minimum Gasteiger partial charge on any atom is -0.506 e. The van der Waals surface area contributed by atoms with Gasteiger partial charge in [-0.25, -0.2) is 0 Å². The van der Waals surface area contributed by atoms with Gasteiger partial charge in [-0.05, 0) is 219 Å². The number of carbonyl (C=O) groups excluding carboxylic acids is 2. The van der Waals surface area contributed by atoms with E-state index in [-0.39, 0.29) is 89.2 Å². The van der Waals surface area contributed by atoms with Gasteiger partial charge < -0.3 is 64.2 Å². The zero-order valence-corrected chi connectivity index (χ0v) is 52.2. The van der Waals surface area contributed by atoms with Crippen molar-refractivity contribution in [1.29, 1.82) is 0 Å². The number of phenolic OH excluding ortho intramolecular Hbond substituents is 1. The second kappa shape index (κ2) is 20.6. The van der Waals surface area contributed by atoms with Crippen LogP contribution in [0.15, 0.2) is 42.6 Å². The standard InChI is InChI=1S/C76H84N2O13/c1-87-67-49-17-16-43-27-42-11-5-14-47(42)60-58(43)61(49)63-66(83)62(60)55(81)36-78-35-53-41(10-4-15-48(53)70(78)84)12-8-26-88-69-65(82)57-37-89-56(19-18-50(67)68(63)91-71(90-57)76(69,86)39-80)52-34-77-54-28-44-20-24-74-38-75(85)23-6-13-45(75)29-46(74)32-73(33-51(59(52)54)64(44)74)31-40(9-7-25-79)30-72(73)21-2-3-22-72/h4,10,15,18-19,27-28,34,40,42,45-47,56-57,65,69,71,77,79-80,82-83,85-86H,2-3,5-7,9,11-14,16-17,20-25,29-33,35-39H2,1H3. The van der Waals surface area contributed by atoms with Gasteiger partial charge >= 0.3 is 0 Å². The number of phenols is 1. The fourth-order valence-electron chi connectivity index (χ4n) is 22.9. The summed E-state index contributed by atoms with van der Waals surface area (Å²) in [6.45, 7) is -1.17. The number of aromatic hydroxyl groups is 1. The number of amides is 1. The number of rotatable bonds is 6. The van der Waals surface area contributed by atoms with Crippen molar-refractivity contribution in [3.63, 3.8) is 0 Å². The molecule has 5 saturated carbocycles. The fraction of sp³-hybridized carbons (Fsp3) is 0.579. The van der Waals surface area contributed by atoms with Crippen molar-refractivity contribution in [2.45, 2.75) is 207 Å². The van der Waals surface area contributed by atoms with Gasteiger partial charge in [0.2, 0.25) is 6.29 Å². The number of carbonyl (C=O) groups is 2. The quantitative estimate of drug-likeness (QED) is 0.0788. The lowest BCUT2D eigenvalue weighted by molar-refractivity contribution is -0.328. The molecule has 18 rings (SSSR count). The average molecular weight is 1230 g/mol. The van der Waals surface area contributed by atoms with E-state index in [1.807, 2.05) is 18.2 Å². The molecule has 7 N–H and O–H groups in total. The number of benzene rings is 4. The van der Waals surface area contributed by atoms with Gasteiger partial charge in [-0.3, -0.25) is 9.59 Å². The monoisotopic (exact) mass is 1230 g/mol. The first-order valence-electron chi connectivity index (χ1n) is 34.6. The first-order valence-corrected chi connectivity index (χ1v) is 34.6. The lowest BCUT2D eigenvalue weighted by Crippen LogP contribution is -2.70. The van der Waals surface area contributed by atoms with Crippen LogP contribution in [0.3, 0.4) is 0 Å². The van der Waals surface area contributed by atoms with Crippen molar-refractivity contribution in [2.75, 3.05) is 33.5 Å². The van der Waals surface area contributed by atoms with Gasteiger partial charge in [-0.2, -0.15) is 0 Å². The largest absolute Gasteiger partial charge is 0.506 e. The van der Waals surface area contributed by atoms with Crippen LogP contribution in [-0.2, 0) is 51.9 Å². The summed E-state index contributed by atoms with van der Waals surface area (Å²) >= 11 is 0. The number of H-pyrrole nitrogens is 1. The maximum atomic E-state index is 15.8. The molecule has 1 aromatic heterocycles. The van der Waals surface area contributed by atoms with Crippen LogP contribution in [0.1, 0.15) is 210 Å². The molecule has 9 aliphatic carbocycles. The summed E-state index contributed by atoms with van der Waals surface area (Å²) in [5, 5.41) is 76.3. The third kappa shape index (κ3) is 7.99.